The van der Waals surface area contributed by atoms with Gasteiger partial charge in [-0.3, -0.25) is 4.79 Å². The number of Topliss-reactive ketones (excluding diaryl/α,β-unsaturated/α-hetero) is 1. The topological polar surface area (TPSA) is 17.1 Å². The highest BCUT2D eigenvalue weighted by atomic mass is 16.1. The minimum atomic E-state index is -0.162. The second kappa shape index (κ2) is 16.7. The molecule has 0 radical (unpaired) electrons. The van der Waals surface area contributed by atoms with Gasteiger partial charge in [-0.05, 0) is 12.8 Å². The predicted molar refractivity (Wildman–Crippen MR) is 147 cm³/mol. The van der Waals surface area contributed by atoms with Crippen molar-refractivity contribution in [2.24, 2.45) is 0 Å². The van der Waals surface area contributed by atoms with E-state index in [4.69, 9.17) is 0 Å². The SMILES string of the molecule is CCCCCCCCCCCCCCCC[N+](C)(C)C(C(=O)c1ccccc1)c1ccccc1. The van der Waals surface area contributed by atoms with Crippen molar-refractivity contribution in [3.05, 3.63) is 71.8 Å². The first kappa shape index (κ1) is 28.3. The van der Waals surface area contributed by atoms with Gasteiger partial charge in [0.25, 0.3) is 0 Å². The maximum absolute atomic E-state index is 13.5. The normalized spacial score (nSPS) is 12.6. The van der Waals surface area contributed by atoms with Gasteiger partial charge < -0.3 is 4.48 Å². The minimum Gasteiger partial charge on any atom is -0.316 e. The van der Waals surface area contributed by atoms with Gasteiger partial charge in [0, 0.05) is 11.1 Å². The highest BCUT2D eigenvalue weighted by Gasteiger charge is 2.36. The molecule has 2 aromatic carbocycles. The summed E-state index contributed by atoms with van der Waals surface area (Å²) in [7, 11) is 4.45. The molecule has 0 amide bonds. The minimum absolute atomic E-state index is 0.162. The molecule has 0 aromatic heterocycles. The van der Waals surface area contributed by atoms with Gasteiger partial charge in [0.2, 0.25) is 5.78 Å². The third-order valence-electron chi connectivity index (χ3n) is 7.21. The maximum atomic E-state index is 13.5. The molecule has 2 nitrogen and oxygen atoms in total. The number of carbonyl (C=O) groups excluding carboxylic acids is 1. The molecule has 0 bridgehead atoms. The molecule has 0 heterocycles. The largest absolute Gasteiger partial charge is 0.316 e. The Morgan fingerprint density at radius 3 is 1.50 bits per heavy atom. The van der Waals surface area contributed by atoms with Crippen LogP contribution in [0.3, 0.4) is 0 Å². The van der Waals surface area contributed by atoms with Crippen molar-refractivity contribution in [1.29, 1.82) is 0 Å². The molecule has 34 heavy (non-hydrogen) atoms. The Hall–Kier alpha value is -1.93. The summed E-state index contributed by atoms with van der Waals surface area (Å²) >= 11 is 0. The van der Waals surface area contributed by atoms with Gasteiger partial charge in [-0.2, -0.15) is 0 Å². The van der Waals surface area contributed by atoms with Crippen molar-refractivity contribution < 1.29 is 9.28 Å². The van der Waals surface area contributed by atoms with Crippen molar-refractivity contribution in [3.63, 3.8) is 0 Å². The van der Waals surface area contributed by atoms with E-state index in [9.17, 15) is 4.79 Å². The van der Waals surface area contributed by atoms with Crippen molar-refractivity contribution in [2.45, 2.75) is 103 Å². The molecule has 188 valence electrons. The van der Waals surface area contributed by atoms with E-state index in [1.54, 1.807) is 0 Å². The van der Waals surface area contributed by atoms with Crippen LogP contribution >= 0.6 is 0 Å². The average molecular weight is 465 g/mol. The monoisotopic (exact) mass is 464 g/mol. The van der Waals surface area contributed by atoms with Crippen molar-refractivity contribution in [1.82, 2.24) is 0 Å². The fourth-order valence-corrected chi connectivity index (χ4v) is 5.11. The summed E-state index contributed by atoms with van der Waals surface area (Å²) in [5, 5.41) is 0. The highest BCUT2D eigenvalue weighted by Crippen LogP contribution is 2.30. The van der Waals surface area contributed by atoms with E-state index in [1.807, 2.05) is 48.5 Å². The number of hydrogen-bond acceptors (Lipinski definition) is 1. The number of rotatable bonds is 19. The van der Waals surface area contributed by atoms with E-state index in [0.29, 0.717) is 4.48 Å². The summed E-state index contributed by atoms with van der Waals surface area (Å²) in [6, 6.07) is 20.0. The summed E-state index contributed by atoms with van der Waals surface area (Å²) in [5.41, 5.74) is 1.93. The average Bonchev–Trinajstić information content (AvgIpc) is 2.85. The van der Waals surface area contributed by atoms with Crippen molar-refractivity contribution >= 4 is 5.78 Å². The molecular formula is C32H50NO+. The van der Waals surface area contributed by atoms with Gasteiger partial charge in [0.1, 0.15) is 0 Å². The predicted octanol–water partition coefficient (Wildman–Crippen LogP) is 9.17. The van der Waals surface area contributed by atoms with Gasteiger partial charge >= 0.3 is 0 Å². The Morgan fingerprint density at radius 2 is 1.03 bits per heavy atom. The molecule has 0 fully saturated rings. The first-order chi connectivity index (χ1) is 16.6. The molecule has 0 saturated carbocycles. The molecule has 0 aliphatic carbocycles. The lowest BCUT2D eigenvalue weighted by atomic mass is 9.94. The van der Waals surface area contributed by atoms with E-state index in [1.165, 1.54) is 89.9 Å². The maximum Gasteiger partial charge on any atom is 0.224 e. The number of benzene rings is 2. The Kier molecular flexibility index (Phi) is 13.9. The van der Waals surface area contributed by atoms with E-state index >= 15 is 0 Å². The Morgan fingerprint density at radius 1 is 0.618 bits per heavy atom. The van der Waals surface area contributed by atoms with Crippen LogP contribution in [0.5, 0.6) is 0 Å². The molecule has 0 saturated heterocycles. The molecule has 2 aromatic rings. The molecule has 0 aliphatic rings. The summed E-state index contributed by atoms with van der Waals surface area (Å²) in [5.74, 6) is 0.224. The van der Waals surface area contributed by atoms with Crippen molar-refractivity contribution in [3.8, 4) is 0 Å². The molecule has 0 N–H and O–H groups in total. The molecule has 1 atom stereocenters. The number of ketones is 1. The number of quaternary nitrogens is 1. The van der Waals surface area contributed by atoms with Crippen LogP contribution in [0.15, 0.2) is 60.7 Å². The van der Waals surface area contributed by atoms with Gasteiger partial charge in [0.15, 0.2) is 6.04 Å². The molecule has 0 aliphatic heterocycles. The summed E-state index contributed by atoms with van der Waals surface area (Å²) in [4.78, 5) is 13.5. The van der Waals surface area contributed by atoms with Gasteiger partial charge in [0.05, 0.1) is 20.6 Å². The number of carbonyl (C=O) groups is 1. The Labute approximate surface area is 210 Å². The molecule has 0 spiro atoms. The number of hydrogen-bond donors (Lipinski definition) is 0. The first-order valence-electron chi connectivity index (χ1n) is 14.0. The summed E-state index contributed by atoms with van der Waals surface area (Å²) in [6.45, 7) is 3.31. The van der Waals surface area contributed by atoms with E-state index in [-0.39, 0.29) is 11.8 Å². The molecule has 2 rings (SSSR count). The van der Waals surface area contributed by atoms with Gasteiger partial charge in [-0.15, -0.1) is 0 Å². The van der Waals surface area contributed by atoms with Crippen LogP contribution in [-0.4, -0.2) is 30.9 Å². The van der Waals surface area contributed by atoms with E-state index in [2.05, 4.69) is 33.2 Å². The number of likely N-dealkylation sites (N-methyl/N-ethyl adjacent to an activating group) is 1. The first-order valence-corrected chi connectivity index (χ1v) is 14.0. The van der Waals surface area contributed by atoms with E-state index in [0.717, 1.165) is 17.7 Å². The molecular weight excluding hydrogens is 414 g/mol. The zero-order valence-corrected chi connectivity index (χ0v) is 22.3. The van der Waals surface area contributed by atoms with Crippen LogP contribution in [0.25, 0.3) is 0 Å². The van der Waals surface area contributed by atoms with Gasteiger partial charge in [-0.25, -0.2) is 0 Å². The van der Waals surface area contributed by atoms with Crippen LogP contribution < -0.4 is 0 Å². The highest BCUT2D eigenvalue weighted by molar-refractivity contribution is 5.99. The standard InChI is InChI=1S/C32H50NO/c1-4-5-6-7-8-9-10-11-12-13-14-15-16-23-28-33(2,3)31(29-24-19-17-20-25-29)32(34)30-26-21-18-22-27-30/h17-22,24-27,31H,4-16,23,28H2,1-3H3/q+1. The summed E-state index contributed by atoms with van der Waals surface area (Å²) in [6.07, 6.45) is 19.2. The van der Waals surface area contributed by atoms with Crippen LogP contribution in [0.4, 0.5) is 0 Å². The lowest BCUT2D eigenvalue weighted by molar-refractivity contribution is -0.911. The quantitative estimate of drug-likeness (QED) is 0.115. The van der Waals surface area contributed by atoms with Gasteiger partial charge in [-0.1, -0.05) is 145 Å². The second-order valence-corrected chi connectivity index (χ2v) is 10.6. The van der Waals surface area contributed by atoms with Crippen LogP contribution in [-0.2, 0) is 0 Å². The van der Waals surface area contributed by atoms with Crippen molar-refractivity contribution in [2.75, 3.05) is 20.6 Å². The fraction of sp³-hybridized carbons (Fsp3) is 0.594. The second-order valence-electron chi connectivity index (χ2n) is 10.6. The lowest BCUT2D eigenvalue weighted by Gasteiger charge is -2.37. The molecule has 2 heteroatoms. The zero-order valence-electron chi connectivity index (χ0n) is 22.3. The van der Waals surface area contributed by atoms with Crippen LogP contribution in [0, 0.1) is 0 Å². The number of nitrogens with zero attached hydrogens (tertiary/aromatic N) is 1. The Balaban J connectivity index is 1.69. The zero-order chi connectivity index (χ0) is 24.5. The Bertz CT molecular complexity index is 768. The van der Waals surface area contributed by atoms with Crippen LogP contribution in [0.2, 0.25) is 0 Å². The van der Waals surface area contributed by atoms with E-state index < -0.39 is 0 Å². The lowest BCUT2D eigenvalue weighted by Crippen LogP contribution is -2.47. The fourth-order valence-electron chi connectivity index (χ4n) is 5.11. The number of unbranched alkanes of at least 4 members (excludes halogenated alkanes) is 13. The third kappa shape index (κ3) is 10.6. The van der Waals surface area contributed by atoms with Crippen LogP contribution in [0.1, 0.15) is 119 Å². The molecule has 1 unspecified atom stereocenters. The smallest absolute Gasteiger partial charge is 0.224 e. The third-order valence-corrected chi connectivity index (χ3v) is 7.21. The summed E-state index contributed by atoms with van der Waals surface area (Å²) < 4.78 is 0.704.